The van der Waals surface area contributed by atoms with E-state index in [-0.39, 0.29) is 12.1 Å². The Labute approximate surface area is 103 Å². The lowest BCUT2D eigenvalue weighted by molar-refractivity contribution is -0.137. The van der Waals surface area contributed by atoms with E-state index in [0.29, 0.717) is 6.61 Å². The highest BCUT2D eigenvalue weighted by Gasteiger charge is 2.18. The van der Waals surface area contributed by atoms with Gasteiger partial charge in [-0.25, -0.2) is 4.79 Å². The fraction of sp³-hybridized carbons (Fsp3) is 0.750. The van der Waals surface area contributed by atoms with Gasteiger partial charge in [0.2, 0.25) is 0 Å². The minimum absolute atomic E-state index is 0.241. The van der Waals surface area contributed by atoms with E-state index in [1.807, 2.05) is 13.1 Å². The van der Waals surface area contributed by atoms with Crippen LogP contribution in [0.3, 0.4) is 0 Å². The van der Waals surface area contributed by atoms with Crippen molar-refractivity contribution in [3.8, 4) is 0 Å². The Bertz CT molecular complexity index is 254. The molecule has 0 bridgehead atoms. The third-order valence-electron chi connectivity index (χ3n) is 2.56. The van der Waals surface area contributed by atoms with E-state index in [9.17, 15) is 4.79 Å². The second-order valence-electron chi connectivity index (χ2n) is 3.96. The van der Waals surface area contributed by atoms with E-state index in [0.717, 1.165) is 32.8 Å². The van der Waals surface area contributed by atoms with Crippen molar-refractivity contribution < 1.29 is 14.3 Å². The Hall–Kier alpha value is -0.910. The minimum Gasteiger partial charge on any atom is -0.463 e. The molecule has 1 heterocycles. The van der Waals surface area contributed by atoms with Crippen molar-refractivity contribution in [1.82, 2.24) is 10.2 Å². The summed E-state index contributed by atoms with van der Waals surface area (Å²) in [4.78, 5) is 13.4. The zero-order chi connectivity index (χ0) is 12.5. The summed E-state index contributed by atoms with van der Waals surface area (Å²) in [7, 11) is 1.92. The average Bonchev–Trinajstić information content (AvgIpc) is 2.30. The number of hydrogen-bond donors (Lipinski definition) is 1. The van der Waals surface area contributed by atoms with Crippen LogP contribution in [0.1, 0.15) is 6.92 Å². The number of nitrogens with one attached hydrogen (secondary N) is 1. The van der Waals surface area contributed by atoms with E-state index >= 15 is 0 Å². The van der Waals surface area contributed by atoms with Crippen LogP contribution in [0.15, 0.2) is 12.2 Å². The smallest absolute Gasteiger partial charge is 0.330 e. The Balaban J connectivity index is 2.24. The monoisotopic (exact) mass is 242 g/mol. The third kappa shape index (κ3) is 5.81. The number of carbonyl (C=O) groups excluding carboxylic acids is 1. The molecule has 98 valence electrons. The molecule has 1 atom stereocenters. The highest BCUT2D eigenvalue weighted by atomic mass is 16.5. The predicted molar refractivity (Wildman–Crippen MR) is 65.9 cm³/mol. The second kappa shape index (κ2) is 8.22. The summed E-state index contributed by atoms with van der Waals surface area (Å²) in [6.45, 7) is 6.41. The molecule has 1 fully saturated rings. The summed E-state index contributed by atoms with van der Waals surface area (Å²) < 4.78 is 10.4. The van der Waals surface area contributed by atoms with E-state index in [1.54, 1.807) is 6.92 Å². The zero-order valence-electron chi connectivity index (χ0n) is 10.6. The normalized spacial score (nSPS) is 21.9. The molecule has 0 amide bonds. The van der Waals surface area contributed by atoms with Crippen molar-refractivity contribution in [2.45, 2.75) is 13.0 Å². The molecule has 0 saturated carbocycles. The molecule has 5 nitrogen and oxygen atoms in total. The Morgan fingerprint density at radius 3 is 3.18 bits per heavy atom. The number of carbonyl (C=O) groups is 1. The highest BCUT2D eigenvalue weighted by Crippen LogP contribution is 2.04. The first-order valence-corrected chi connectivity index (χ1v) is 6.08. The molecule has 1 aliphatic heterocycles. The summed E-state index contributed by atoms with van der Waals surface area (Å²) in [6, 6.07) is 0. The second-order valence-corrected chi connectivity index (χ2v) is 3.96. The molecule has 1 aliphatic rings. The van der Waals surface area contributed by atoms with Crippen LogP contribution in [-0.2, 0) is 14.3 Å². The fourth-order valence-electron chi connectivity index (χ4n) is 1.79. The summed E-state index contributed by atoms with van der Waals surface area (Å²) >= 11 is 0. The van der Waals surface area contributed by atoms with Crippen LogP contribution in [0.2, 0.25) is 0 Å². The standard InChI is InChI=1S/C12H22N2O3/c1-3-16-12(15)5-4-6-14-7-8-17-11(10-14)9-13-2/h4-5,11,13H,3,6-10H2,1-2H3/b5-4+. The lowest BCUT2D eigenvalue weighted by Gasteiger charge is -2.32. The van der Waals surface area contributed by atoms with Crippen molar-refractivity contribution in [1.29, 1.82) is 0 Å². The van der Waals surface area contributed by atoms with Crippen molar-refractivity contribution >= 4 is 5.97 Å². The van der Waals surface area contributed by atoms with Crippen LogP contribution in [0.4, 0.5) is 0 Å². The van der Waals surface area contributed by atoms with Gasteiger partial charge in [0.15, 0.2) is 0 Å². The number of likely N-dealkylation sites (N-methyl/N-ethyl adjacent to an activating group) is 1. The van der Waals surface area contributed by atoms with Gasteiger partial charge in [-0.2, -0.15) is 0 Å². The van der Waals surface area contributed by atoms with Crippen molar-refractivity contribution in [2.75, 3.05) is 46.4 Å². The van der Waals surface area contributed by atoms with E-state index in [1.165, 1.54) is 6.08 Å². The summed E-state index contributed by atoms with van der Waals surface area (Å²) in [5, 5.41) is 3.11. The molecule has 1 rings (SSSR count). The molecule has 5 heteroatoms. The molecule has 0 aliphatic carbocycles. The van der Waals surface area contributed by atoms with Gasteiger partial charge in [-0.05, 0) is 14.0 Å². The van der Waals surface area contributed by atoms with Gasteiger partial charge in [-0.1, -0.05) is 6.08 Å². The van der Waals surface area contributed by atoms with Crippen LogP contribution >= 0.6 is 0 Å². The Morgan fingerprint density at radius 1 is 1.65 bits per heavy atom. The Kier molecular flexibility index (Phi) is 6.84. The lowest BCUT2D eigenvalue weighted by Crippen LogP contribution is -2.46. The number of hydrogen-bond acceptors (Lipinski definition) is 5. The van der Waals surface area contributed by atoms with Crippen LogP contribution in [0.5, 0.6) is 0 Å². The molecule has 1 N–H and O–H groups in total. The van der Waals surface area contributed by atoms with Crippen molar-refractivity contribution in [3.05, 3.63) is 12.2 Å². The van der Waals surface area contributed by atoms with Gasteiger partial charge in [-0.3, -0.25) is 4.90 Å². The van der Waals surface area contributed by atoms with Crippen molar-refractivity contribution in [2.24, 2.45) is 0 Å². The summed E-state index contributed by atoms with van der Waals surface area (Å²) in [5.74, 6) is -0.271. The molecule has 0 aromatic carbocycles. The molecule has 0 spiro atoms. The first-order valence-electron chi connectivity index (χ1n) is 6.08. The van der Waals surface area contributed by atoms with E-state index in [4.69, 9.17) is 9.47 Å². The fourth-order valence-corrected chi connectivity index (χ4v) is 1.79. The van der Waals surface area contributed by atoms with Crippen LogP contribution < -0.4 is 5.32 Å². The third-order valence-corrected chi connectivity index (χ3v) is 2.56. The SMILES string of the molecule is CCOC(=O)/C=C/CN1CCOC(CNC)C1. The summed E-state index contributed by atoms with van der Waals surface area (Å²) in [6.07, 6.45) is 3.58. The maximum absolute atomic E-state index is 11.1. The van der Waals surface area contributed by atoms with Gasteiger partial charge in [0.05, 0.1) is 19.3 Å². The van der Waals surface area contributed by atoms with Gasteiger partial charge in [0.25, 0.3) is 0 Å². The van der Waals surface area contributed by atoms with Crippen LogP contribution in [-0.4, -0.2) is 63.4 Å². The molecular weight excluding hydrogens is 220 g/mol. The maximum atomic E-state index is 11.1. The quantitative estimate of drug-likeness (QED) is 0.526. The lowest BCUT2D eigenvalue weighted by atomic mass is 10.2. The topological polar surface area (TPSA) is 50.8 Å². The molecule has 1 unspecified atom stereocenters. The number of nitrogens with zero attached hydrogens (tertiary/aromatic N) is 1. The molecular formula is C12H22N2O3. The predicted octanol–water partition coefficient (Wildman–Crippen LogP) is 0.0259. The molecule has 0 aromatic heterocycles. The zero-order valence-corrected chi connectivity index (χ0v) is 10.6. The van der Waals surface area contributed by atoms with E-state index in [2.05, 4.69) is 10.2 Å². The van der Waals surface area contributed by atoms with Gasteiger partial charge in [-0.15, -0.1) is 0 Å². The number of morpholine rings is 1. The van der Waals surface area contributed by atoms with Gasteiger partial charge in [0, 0.05) is 32.3 Å². The molecule has 0 radical (unpaired) electrons. The maximum Gasteiger partial charge on any atom is 0.330 e. The number of ether oxygens (including phenoxy) is 2. The Morgan fingerprint density at radius 2 is 2.47 bits per heavy atom. The highest BCUT2D eigenvalue weighted by molar-refractivity contribution is 5.81. The summed E-state index contributed by atoms with van der Waals surface area (Å²) in [5.41, 5.74) is 0. The van der Waals surface area contributed by atoms with Gasteiger partial charge >= 0.3 is 5.97 Å². The minimum atomic E-state index is -0.271. The van der Waals surface area contributed by atoms with Crippen LogP contribution in [0.25, 0.3) is 0 Å². The van der Waals surface area contributed by atoms with E-state index < -0.39 is 0 Å². The average molecular weight is 242 g/mol. The first-order chi connectivity index (χ1) is 8.26. The number of rotatable bonds is 6. The van der Waals surface area contributed by atoms with Gasteiger partial charge < -0.3 is 14.8 Å². The molecule has 1 saturated heterocycles. The van der Waals surface area contributed by atoms with Crippen LogP contribution in [0, 0.1) is 0 Å². The van der Waals surface area contributed by atoms with Crippen molar-refractivity contribution in [3.63, 3.8) is 0 Å². The molecule has 17 heavy (non-hydrogen) atoms. The first kappa shape index (κ1) is 14.2. The van der Waals surface area contributed by atoms with Gasteiger partial charge in [0.1, 0.15) is 0 Å². The number of esters is 1. The largest absolute Gasteiger partial charge is 0.463 e. The molecule has 0 aromatic rings.